The first-order chi connectivity index (χ1) is 7.62. The van der Waals surface area contributed by atoms with Crippen molar-refractivity contribution in [1.82, 2.24) is 5.32 Å². The van der Waals surface area contributed by atoms with E-state index in [-0.39, 0.29) is 11.7 Å². The van der Waals surface area contributed by atoms with Crippen molar-refractivity contribution in [2.45, 2.75) is 19.8 Å². The number of hydrogen-bond acceptors (Lipinski definition) is 3. The number of carbonyl (C=O) groups is 1. The van der Waals surface area contributed by atoms with E-state index in [0.29, 0.717) is 13.0 Å². The van der Waals surface area contributed by atoms with Crippen LogP contribution in [0.1, 0.15) is 19.8 Å². The molecular formula is C11H25N2O3S+. The van der Waals surface area contributed by atoms with Crippen LogP contribution in [0, 0.1) is 0 Å². The van der Waals surface area contributed by atoms with Crippen molar-refractivity contribution in [1.29, 1.82) is 0 Å². The Balaban J connectivity index is 3.76. The standard InChI is InChI=1S/C11H24N2O3S/c1-11(14)12-7-5-8-13(2,3)9-6-10-17(4,15)16/h5-10H2,1-4H3/p+1. The first-order valence-corrected chi connectivity index (χ1v) is 7.93. The molecule has 0 bridgehead atoms. The van der Waals surface area contributed by atoms with E-state index in [2.05, 4.69) is 19.4 Å². The van der Waals surface area contributed by atoms with Crippen LogP contribution in [0.25, 0.3) is 0 Å². The van der Waals surface area contributed by atoms with E-state index in [9.17, 15) is 13.2 Å². The predicted octanol–water partition coefficient (Wildman–Crippen LogP) is 0.0237. The quantitative estimate of drug-likeness (QED) is 0.497. The molecule has 1 amide bonds. The molecule has 0 aromatic heterocycles. The Morgan fingerprint density at radius 2 is 1.71 bits per heavy atom. The van der Waals surface area contributed by atoms with Gasteiger partial charge in [0.2, 0.25) is 5.91 Å². The Labute approximate surface area is 105 Å². The molecule has 0 aliphatic rings. The molecule has 0 rings (SSSR count). The number of hydrogen-bond donors (Lipinski definition) is 1. The molecule has 0 fully saturated rings. The van der Waals surface area contributed by atoms with Crippen molar-refractivity contribution in [3.8, 4) is 0 Å². The lowest BCUT2D eigenvalue weighted by atomic mass is 10.3. The third-order valence-corrected chi connectivity index (χ3v) is 3.62. The van der Waals surface area contributed by atoms with E-state index in [4.69, 9.17) is 0 Å². The molecule has 5 nitrogen and oxygen atoms in total. The second-order valence-corrected chi connectivity index (χ2v) is 7.46. The molecule has 0 aromatic rings. The maximum Gasteiger partial charge on any atom is 0.216 e. The van der Waals surface area contributed by atoms with E-state index < -0.39 is 9.84 Å². The van der Waals surface area contributed by atoms with Crippen LogP contribution >= 0.6 is 0 Å². The van der Waals surface area contributed by atoms with Crippen LogP contribution in [0.5, 0.6) is 0 Å². The lowest BCUT2D eigenvalue weighted by Crippen LogP contribution is -2.43. The number of nitrogens with zero attached hydrogens (tertiary/aromatic N) is 1. The number of carbonyl (C=O) groups excluding carboxylic acids is 1. The average Bonchev–Trinajstić information content (AvgIpc) is 2.09. The zero-order chi connectivity index (χ0) is 13.5. The number of sulfone groups is 1. The van der Waals surface area contributed by atoms with Crippen molar-refractivity contribution < 1.29 is 17.7 Å². The van der Waals surface area contributed by atoms with Crippen LogP contribution in [0.3, 0.4) is 0 Å². The smallest absolute Gasteiger partial charge is 0.216 e. The summed E-state index contributed by atoms with van der Waals surface area (Å²) in [6.45, 7) is 3.96. The molecule has 0 atom stereocenters. The van der Waals surface area contributed by atoms with Gasteiger partial charge in [0, 0.05) is 32.6 Å². The Bertz CT molecular complexity index is 337. The Morgan fingerprint density at radius 3 is 2.18 bits per heavy atom. The molecule has 0 aromatic carbocycles. The number of quaternary nitrogens is 1. The van der Waals surface area contributed by atoms with Gasteiger partial charge in [-0.05, 0) is 0 Å². The maximum atomic E-state index is 11.0. The van der Waals surface area contributed by atoms with Crippen LogP contribution in [-0.2, 0) is 14.6 Å². The number of rotatable bonds is 8. The van der Waals surface area contributed by atoms with Crippen LogP contribution in [0.4, 0.5) is 0 Å². The van der Waals surface area contributed by atoms with Gasteiger partial charge >= 0.3 is 0 Å². The Hall–Kier alpha value is -0.620. The Morgan fingerprint density at radius 1 is 1.18 bits per heavy atom. The summed E-state index contributed by atoms with van der Waals surface area (Å²) in [5, 5.41) is 2.75. The fraction of sp³-hybridized carbons (Fsp3) is 0.909. The SMILES string of the molecule is CC(=O)NCCC[N+](C)(C)CCCS(C)(=O)=O. The van der Waals surface area contributed by atoms with Crippen LogP contribution in [0.2, 0.25) is 0 Å². The van der Waals surface area contributed by atoms with Crippen LogP contribution in [-0.4, -0.2) is 64.5 Å². The summed E-state index contributed by atoms with van der Waals surface area (Å²) in [5.74, 6) is 0.243. The van der Waals surface area contributed by atoms with Gasteiger partial charge in [0.05, 0.1) is 32.9 Å². The molecule has 0 radical (unpaired) electrons. The highest BCUT2D eigenvalue weighted by Gasteiger charge is 2.15. The maximum absolute atomic E-state index is 11.0. The molecule has 6 heteroatoms. The molecular weight excluding hydrogens is 240 g/mol. The molecule has 0 spiro atoms. The van der Waals surface area contributed by atoms with Crippen LogP contribution < -0.4 is 5.32 Å². The first kappa shape index (κ1) is 16.4. The van der Waals surface area contributed by atoms with Gasteiger partial charge in [-0.25, -0.2) is 8.42 Å². The van der Waals surface area contributed by atoms with E-state index in [1.165, 1.54) is 13.2 Å². The van der Waals surface area contributed by atoms with Crippen molar-refractivity contribution in [2.24, 2.45) is 0 Å². The third-order valence-electron chi connectivity index (χ3n) is 2.59. The van der Waals surface area contributed by atoms with Gasteiger partial charge in [-0.2, -0.15) is 0 Å². The molecule has 0 aliphatic heterocycles. The highest BCUT2D eigenvalue weighted by atomic mass is 32.2. The van der Waals surface area contributed by atoms with E-state index in [0.717, 1.165) is 24.0 Å². The fourth-order valence-electron chi connectivity index (χ4n) is 1.64. The van der Waals surface area contributed by atoms with Gasteiger partial charge in [0.15, 0.2) is 0 Å². The Kier molecular flexibility index (Phi) is 6.70. The summed E-state index contributed by atoms with van der Waals surface area (Å²) in [6, 6.07) is 0. The largest absolute Gasteiger partial charge is 0.356 e. The second-order valence-electron chi connectivity index (χ2n) is 5.20. The highest BCUT2D eigenvalue weighted by Crippen LogP contribution is 2.02. The molecule has 0 heterocycles. The van der Waals surface area contributed by atoms with Crippen molar-refractivity contribution in [3.63, 3.8) is 0 Å². The fourth-order valence-corrected chi connectivity index (χ4v) is 2.29. The summed E-state index contributed by atoms with van der Waals surface area (Å²) >= 11 is 0. The van der Waals surface area contributed by atoms with Crippen molar-refractivity contribution in [3.05, 3.63) is 0 Å². The first-order valence-electron chi connectivity index (χ1n) is 5.86. The van der Waals surface area contributed by atoms with Gasteiger partial charge < -0.3 is 9.80 Å². The minimum Gasteiger partial charge on any atom is -0.356 e. The molecule has 17 heavy (non-hydrogen) atoms. The van der Waals surface area contributed by atoms with Crippen LogP contribution in [0.15, 0.2) is 0 Å². The second kappa shape index (κ2) is 6.96. The molecule has 0 aliphatic carbocycles. The lowest BCUT2D eigenvalue weighted by Gasteiger charge is -2.29. The molecule has 0 saturated carbocycles. The molecule has 0 saturated heterocycles. The highest BCUT2D eigenvalue weighted by molar-refractivity contribution is 7.90. The van der Waals surface area contributed by atoms with E-state index in [1.807, 2.05) is 0 Å². The minimum absolute atomic E-state index is 0.00705. The lowest BCUT2D eigenvalue weighted by molar-refractivity contribution is -0.890. The van der Waals surface area contributed by atoms with Gasteiger partial charge in [-0.1, -0.05) is 0 Å². The van der Waals surface area contributed by atoms with Gasteiger partial charge in [0.25, 0.3) is 0 Å². The monoisotopic (exact) mass is 265 g/mol. The normalized spacial score (nSPS) is 12.5. The van der Waals surface area contributed by atoms with E-state index >= 15 is 0 Å². The van der Waals surface area contributed by atoms with Crippen molar-refractivity contribution >= 4 is 15.7 Å². The number of nitrogens with one attached hydrogen (secondary N) is 1. The summed E-state index contributed by atoms with van der Waals surface area (Å²) in [4.78, 5) is 10.7. The van der Waals surface area contributed by atoms with Gasteiger partial charge in [-0.15, -0.1) is 0 Å². The zero-order valence-electron chi connectivity index (χ0n) is 11.3. The van der Waals surface area contributed by atoms with Crippen molar-refractivity contribution in [2.75, 3.05) is 45.7 Å². The third kappa shape index (κ3) is 11.6. The topological polar surface area (TPSA) is 63.2 Å². The van der Waals surface area contributed by atoms with Gasteiger partial charge in [-0.3, -0.25) is 4.79 Å². The summed E-state index contributed by atoms with van der Waals surface area (Å²) in [5.41, 5.74) is 0. The van der Waals surface area contributed by atoms with Gasteiger partial charge in [0.1, 0.15) is 9.84 Å². The average molecular weight is 265 g/mol. The predicted molar refractivity (Wildman–Crippen MR) is 69.5 cm³/mol. The summed E-state index contributed by atoms with van der Waals surface area (Å²) < 4.78 is 22.8. The summed E-state index contributed by atoms with van der Waals surface area (Å²) in [7, 11) is 1.31. The van der Waals surface area contributed by atoms with E-state index in [1.54, 1.807) is 0 Å². The molecule has 0 unspecified atom stereocenters. The minimum atomic E-state index is -2.85. The number of amides is 1. The molecule has 1 N–H and O–H groups in total. The molecule has 102 valence electrons. The zero-order valence-corrected chi connectivity index (χ0v) is 12.1. The summed E-state index contributed by atoms with van der Waals surface area (Å²) in [6.07, 6.45) is 2.86.